The molecule has 1 saturated heterocycles. The van der Waals surface area contributed by atoms with Gasteiger partial charge in [0.25, 0.3) is 0 Å². The van der Waals surface area contributed by atoms with Crippen molar-refractivity contribution in [2.75, 3.05) is 32.8 Å². The van der Waals surface area contributed by atoms with Crippen molar-refractivity contribution in [1.29, 1.82) is 0 Å². The van der Waals surface area contributed by atoms with E-state index in [0.717, 1.165) is 52.1 Å². The Morgan fingerprint density at radius 1 is 1.27 bits per heavy atom. The van der Waals surface area contributed by atoms with Crippen LogP contribution < -0.4 is 0 Å². The van der Waals surface area contributed by atoms with Crippen LogP contribution in [0.3, 0.4) is 0 Å². The third kappa shape index (κ3) is 3.74. The molecule has 1 saturated carbocycles. The highest BCUT2D eigenvalue weighted by Gasteiger charge is 2.24. The summed E-state index contributed by atoms with van der Waals surface area (Å²) in [5.74, 6) is 0.810. The first-order valence-corrected chi connectivity index (χ1v) is 5.69. The molecule has 2 aliphatic rings. The van der Waals surface area contributed by atoms with Gasteiger partial charge in [0.15, 0.2) is 0 Å². The van der Waals surface area contributed by atoms with Crippen LogP contribution in [-0.4, -0.2) is 43.5 Å². The molecular weight excluding hydrogens is 214 g/mol. The lowest BCUT2D eigenvalue weighted by molar-refractivity contribution is -0.125. The minimum Gasteiger partial charge on any atom is -0.379 e. The molecule has 1 unspecified atom stereocenters. The smallest absolute Gasteiger partial charge is 0.137 e. The second kappa shape index (κ2) is 6.46. The van der Waals surface area contributed by atoms with Crippen LogP contribution >= 0.6 is 12.4 Å². The standard InChI is InChI=1S/C11H19NO2.ClH/c13-11-4-2-1-3-10(11)9-12-5-7-14-8-6-12;/h10H,1-9H2;1H. The van der Waals surface area contributed by atoms with Gasteiger partial charge in [0, 0.05) is 32.0 Å². The zero-order valence-electron chi connectivity index (χ0n) is 9.11. The Kier molecular flexibility index (Phi) is 5.58. The third-order valence-electron chi connectivity index (χ3n) is 3.26. The van der Waals surface area contributed by atoms with E-state index in [0.29, 0.717) is 11.7 Å². The van der Waals surface area contributed by atoms with Gasteiger partial charge in [-0.1, -0.05) is 6.42 Å². The summed E-state index contributed by atoms with van der Waals surface area (Å²) >= 11 is 0. The van der Waals surface area contributed by atoms with E-state index in [-0.39, 0.29) is 12.4 Å². The van der Waals surface area contributed by atoms with Gasteiger partial charge in [-0.05, 0) is 12.8 Å². The molecule has 1 aliphatic carbocycles. The summed E-state index contributed by atoms with van der Waals surface area (Å²) in [6.07, 6.45) is 4.27. The number of nitrogens with zero attached hydrogens (tertiary/aromatic N) is 1. The van der Waals surface area contributed by atoms with Crippen LogP contribution in [0.4, 0.5) is 0 Å². The summed E-state index contributed by atoms with van der Waals surface area (Å²) < 4.78 is 5.29. The highest BCUT2D eigenvalue weighted by atomic mass is 35.5. The Labute approximate surface area is 97.6 Å². The van der Waals surface area contributed by atoms with Gasteiger partial charge in [0.1, 0.15) is 5.78 Å². The Hall–Kier alpha value is -0.120. The molecule has 0 aromatic rings. The summed E-state index contributed by atoms with van der Waals surface area (Å²) in [6, 6.07) is 0. The molecule has 0 bridgehead atoms. The molecule has 0 spiro atoms. The summed E-state index contributed by atoms with van der Waals surface area (Å²) in [6.45, 7) is 4.65. The van der Waals surface area contributed by atoms with Gasteiger partial charge < -0.3 is 4.74 Å². The SMILES string of the molecule is Cl.O=C1CCCCC1CN1CCOCC1. The molecule has 15 heavy (non-hydrogen) atoms. The van der Waals surface area contributed by atoms with E-state index in [1.807, 2.05) is 0 Å². The van der Waals surface area contributed by atoms with E-state index < -0.39 is 0 Å². The van der Waals surface area contributed by atoms with Gasteiger partial charge in [-0.3, -0.25) is 9.69 Å². The van der Waals surface area contributed by atoms with Gasteiger partial charge in [0.05, 0.1) is 13.2 Å². The predicted molar refractivity (Wildman–Crippen MR) is 61.5 cm³/mol. The van der Waals surface area contributed by atoms with Crippen molar-refractivity contribution in [3.8, 4) is 0 Å². The summed E-state index contributed by atoms with van der Waals surface area (Å²) in [4.78, 5) is 14.0. The predicted octanol–water partition coefficient (Wildman–Crippen LogP) is 1.50. The van der Waals surface area contributed by atoms with Crippen LogP contribution in [0, 0.1) is 5.92 Å². The average molecular weight is 234 g/mol. The van der Waals surface area contributed by atoms with Crippen molar-refractivity contribution in [3.63, 3.8) is 0 Å². The highest BCUT2D eigenvalue weighted by Crippen LogP contribution is 2.21. The van der Waals surface area contributed by atoms with E-state index in [1.54, 1.807) is 0 Å². The molecule has 0 N–H and O–H groups in total. The first-order valence-electron chi connectivity index (χ1n) is 5.69. The van der Waals surface area contributed by atoms with E-state index in [2.05, 4.69) is 4.90 Å². The van der Waals surface area contributed by atoms with Crippen LogP contribution in [0.1, 0.15) is 25.7 Å². The quantitative estimate of drug-likeness (QED) is 0.724. The fourth-order valence-corrected chi connectivity index (χ4v) is 2.34. The van der Waals surface area contributed by atoms with E-state index >= 15 is 0 Å². The summed E-state index contributed by atoms with van der Waals surface area (Å²) in [5, 5.41) is 0. The number of ketones is 1. The van der Waals surface area contributed by atoms with E-state index in [1.165, 1.54) is 6.42 Å². The van der Waals surface area contributed by atoms with Gasteiger partial charge in [0.2, 0.25) is 0 Å². The van der Waals surface area contributed by atoms with Crippen LogP contribution in [0.25, 0.3) is 0 Å². The fraction of sp³-hybridized carbons (Fsp3) is 0.909. The Morgan fingerprint density at radius 3 is 2.67 bits per heavy atom. The molecule has 0 aromatic carbocycles. The lowest BCUT2D eigenvalue weighted by Crippen LogP contribution is -2.41. The maximum Gasteiger partial charge on any atom is 0.137 e. The number of rotatable bonds is 2. The number of carbonyl (C=O) groups is 1. The highest BCUT2D eigenvalue weighted by molar-refractivity contribution is 5.85. The van der Waals surface area contributed by atoms with Gasteiger partial charge in [-0.2, -0.15) is 0 Å². The third-order valence-corrected chi connectivity index (χ3v) is 3.26. The molecule has 1 heterocycles. The molecule has 1 aliphatic heterocycles. The molecule has 1 atom stereocenters. The number of carbonyl (C=O) groups excluding carboxylic acids is 1. The molecule has 4 heteroatoms. The molecule has 0 amide bonds. The number of halogens is 1. The van der Waals surface area contributed by atoms with Crippen molar-refractivity contribution in [2.45, 2.75) is 25.7 Å². The zero-order valence-corrected chi connectivity index (χ0v) is 9.93. The lowest BCUT2D eigenvalue weighted by atomic mass is 9.87. The van der Waals surface area contributed by atoms with Crippen molar-refractivity contribution in [3.05, 3.63) is 0 Å². The van der Waals surface area contributed by atoms with Crippen molar-refractivity contribution < 1.29 is 9.53 Å². The maximum atomic E-state index is 11.6. The molecule has 3 nitrogen and oxygen atoms in total. The second-order valence-corrected chi connectivity index (χ2v) is 4.32. The molecular formula is C11H20ClNO2. The largest absolute Gasteiger partial charge is 0.379 e. The topological polar surface area (TPSA) is 29.5 Å². The molecule has 0 radical (unpaired) electrons. The Balaban J connectivity index is 0.00000112. The molecule has 0 aromatic heterocycles. The molecule has 88 valence electrons. The van der Waals surface area contributed by atoms with Crippen molar-refractivity contribution >= 4 is 18.2 Å². The van der Waals surface area contributed by atoms with E-state index in [4.69, 9.17) is 4.74 Å². The first-order chi connectivity index (χ1) is 6.86. The van der Waals surface area contributed by atoms with Crippen LogP contribution in [0.15, 0.2) is 0 Å². The molecule has 2 rings (SSSR count). The number of Topliss-reactive ketones (excluding diaryl/α,β-unsaturated/α-hetero) is 1. The fourth-order valence-electron chi connectivity index (χ4n) is 2.34. The Bertz CT molecular complexity index is 205. The monoisotopic (exact) mass is 233 g/mol. The van der Waals surface area contributed by atoms with Crippen molar-refractivity contribution in [1.82, 2.24) is 4.90 Å². The van der Waals surface area contributed by atoms with Crippen LogP contribution in [0.2, 0.25) is 0 Å². The first kappa shape index (κ1) is 12.9. The lowest BCUT2D eigenvalue weighted by Gasteiger charge is -2.31. The van der Waals surface area contributed by atoms with Gasteiger partial charge >= 0.3 is 0 Å². The number of ether oxygens (including phenoxy) is 1. The molecule has 2 fully saturated rings. The summed E-state index contributed by atoms with van der Waals surface area (Å²) in [5.41, 5.74) is 0. The van der Waals surface area contributed by atoms with Gasteiger partial charge in [-0.15, -0.1) is 12.4 Å². The zero-order chi connectivity index (χ0) is 9.80. The number of hydrogen-bond acceptors (Lipinski definition) is 3. The normalized spacial score (nSPS) is 28.5. The number of morpholine rings is 1. The van der Waals surface area contributed by atoms with Gasteiger partial charge in [-0.25, -0.2) is 0 Å². The number of hydrogen-bond donors (Lipinski definition) is 0. The van der Waals surface area contributed by atoms with Crippen LogP contribution in [0.5, 0.6) is 0 Å². The second-order valence-electron chi connectivity index (χ2n) is 4.32. The minimum atomic E-state index is 0. The van der Waals surface area contributed by atoms with E-state index in [9.17, 15) is 4.79 Å². The minimum absolute atomic E-state index is 0. The van der Waals surface area contributed by atoms with Crippen molar-refractivity contribution in [2.24, 2.45) is 5.92 Å². The average Bonchev–Trinajstić information content (AvgIpc) is 2.23. The maximum absolute atomic E-state index is 11.6. The van der Waals surface area contributed by atoms with Crippen LogP contribution in [-0.2, 0) is 9.53 Å². The summed E-state index contributed by atoms with van der Waals surface area (Å²) in [7, 11) is 0. The Morgan fingerprint density at radius 2 is 2.00 bits per heavy atom.